The monoisotopic (exact) mass is 402 g/mol. The van der Waals surface area contributed by atoms with E-state index in [2.05, 4.69) is 20.5 Å². The van der Waals surface area contributed by atoms with Crippen molar-refractivity contribution in [3.63, 3.8) is 0 Å². The average Bonchev–Trinajstić information content (AvgIpc) is 3.13. The van der Waals surface area contributed by atoms with Crippen LogP contribution in [0.5, 0.6) is 0 Å². The number of aryl methyl sites for hydroxylation is 2. The fourth-order valence-corrected chi connectivity index (χ4v) is 3.41. The van der Waals surface area contributed by atoms with E-state index in [1.807, 2.05) is 43.3 Å². The summed E-state index contributed by atoms with van der Waals surface area (Å²) in [6, 6.07) is 12.5. The Morgan fingerprint density at radius 2 is 1.87 bits per heavy atom. The Balaban J connectivity index is 1.69. The van der Waals surface area contributed by atoms with Crippen LogP contribution in [0.2, 0.25) is 0 Å². The predicted molar refractivity (Wildman–Crippen MR) is 113 cm³/mol. The molecule has 8 nitrogen and oxygen atoms in total. The Morgan fingerprint density at radius 1 is 1.10 bits per heavy atom. The van der Waals surface area contributed by atoms with Gasteiger partial charge in [-0.3, -0.25) is 14.6 Å². The summed E-state index contributed by atoms with van der Waals surface area (Å²) in [6.07, 6.45) is 3.36. The summed E-state index contributed by atoms with van der Waals surface area (Å²) in [5.74, 6) is -0.291. The second-order valence-corrected chi connectivity index (χ2v) is 7.15. The first-order valence-corrected chi connectivity index (χ1v) is 9.68. The molecule has 0 bridgehead atoms. The van der Waals surface area contributed by atoms with Gasteiger partial charge in [0.15, 0.2) is 0 Å². The van der Waals surface area contributed by atoms with Crippen LogP contribution >= 0.6 is 0 Å². The number of hydrogen-bond donors (Lipinski definition) is 1. The molecule has 1 atom stereocenters. The van der Waals surface area contributed by atoms with Gasteiger partial charge in [-0.05, 0) is 44.5 Å². The van der Waals surface area contributed by atoms with Crippen molar-refractivity contribution >= 4 is 16.8 Å². The number of hydrogen-bond acceptors (Lipinski definition) is 5. The number of rotatable bonds is 5. The molecule has 0 saturated heterocycles. The van der Waals surface area contributed by atoms with Gasteiger partial charge in [0, 0.05) is 18.9 Å². The van der Waals surface area contributed by atoms with Crippen LogP contribution in [-0.4, -0.2) is 30.5 Å². The molecule has 30 heavy (non-hydrogen) atoms. The Morgan fingerprint density at radius 3 is 2.57 bits per heavy atom. The Bertz CT molecular complexity index is 1260. The third-order valence-corrected chi connectivity index (χ3v) is 5.08. The molecule has 4 aromatic rings. The van der Waals surface area contributed by atoms with E-state index in [0.29, 0.717) is 28.8 Å². The summed E-state index contributed by atoms with van der Waals surface area (Å²) < 4.78 is 2.97. The SMILES string of the molecule is Cc1nn([C@@H](C)C(=O)NCc2cccnc2)c(=O)c2c(C)n(-c3ccccc3)nc12. The number of aromatic nitrogens is 5. The van der Waals surface area contributed by atoms with Crippen LogP contribution in [0.25, 0.3) is 16.6 Å². The van der Waals surface area contributed by atoms with Gasteiger partial charge >= 0.3 is 0 Å². The molecular formula is C22H22N6O2. The van der Waals surface area contributed by atoms with E-state index in [9.17, 15) is 9.59 Å². The highest BCUT2D eigenvalue weighted by molar-refractivity contribution is 5.84. The van der Waals surface area contributed by atoms with E-state index in [1.54, 1.807) is 37.0 Å². The van der Waals surface area contributed by atoms with Gasteiger partial charge in [0.2, 0.25) is 5.91 Å². The second-order valence-electron chi connectivity index (χ2n) is 7.15. The first-order valence-electron chi connectivity index (χ1n) is 9.68. The van der Waals surface area contributed by atoms with Crippen molar-refractivity contribution in [2.75, 3.05) is 0 Å². The quantitative estimate of drug-likeness (QED) is 0.553. The summed E-state index contributed by atoms with van der Waals surface area (Å²) >= 11 is 0. The first kappa shape index (κ1) is 19.5. The molecular weight excluding hydrogens is 380 g/mol. The van der Waals surface area contributed by atoms with Crippen molar-refractivity contribution in [3.05, 3.63) is 82.2 Å². The predicted octanol–water partition coefficient (Wildman–Crippen LogP) is 2.47. The summed E-state index contributed by atoms with van der Waals surface area (Å²) in [5, 5.41) is 12.3. The standard InChI is InChI=1S/C22H22N6O2/c1-14-20-19(15(2)27(26-20)18-9-5-4-6-10-18)22(30)28(25-14)16(3)21(29)24-13-17-8-7-11-23-12-17/h4-12,16H,13H2,1-3H3,(H,24,29)/t16-/m0/s1. The smallest absolute Gasteiger partial charge is 0.278 e. The largest absolute Gasteiger partial charge is 0.350 e. The maximum absolute atomic E-state index is 13.2. The van der Waals surface area contributed by atoms with Crippen molar-refractivity contribution in [2.24, 2.45) is 0 Å². The molecule has 1 N–H and O–H groups in total. The maximum atomic E-state index is 13.2. The van der Waals surface area contributed by atoms with Crippen LogP contribution in [0, 0.1) is 13.8 Å². The van der Waals surface area contributed by atoms with Crippen molar-refractivity contribution in [1.29, 1.82) is 0 Å². The minimum atomic E-state index is -0.767. The third kappa shape index (κ3) is 3.47. The lowest BCUT2D eigenvalue weighted by Crippen LogP contribution is -2.37. The Hall–Kier alpha value is -3.81. The van der Waals surface area contributed by atoms with Gasteiger partial charge in [-0.15, -0.1) is 0 Å². The minimum absolute atomic E-state index is 0.291. The number of carbonyl (C=O) groups excluding carboxylic acids is 1. The molecule has 4 rings (SSSR count). The van der Waals surface area contributed by atoms with Crippen LogP contribution in [-0.2, 0) is 11.3 Å². The van der Waals surface area contributed by atoms with Crippen LogP contribution in [0.3, 0.4) is 0 Å². The average molecular weight is 402 g/mol. The molecule has 0 saturated carbocycles. The zero-order valence-corrected chi connectivity index (χ0v) is 17.0. The highest BCUT2D eigenvalue weighted by Gasteiger charge is 2.23. The molecule has 1 aromatic carbocycles. The van der Waals surface area contributed by atoms with Crippen LogP contribution in [0.4, 0.5) is 0 Å². The normalized spacial score (nSPS) is 12.1. The molecule has 8 heteroatoms. The van der Waals surface area contributed by atoms with Gasteiger partial charge in [0.05, 0.1) is 22.5 Å². The van der Waals surface area contributed by atoms with Gasteiger partial charge in [0.25, 0.3) is 5.56 Å². The fraction of sp³-hybridized carbons (Fsp3) is 0.227. The molecule has 152 valence electrons. The van der Waals surface area contributed by atoms with Crippen molar-refractivity contribution in [2.45, 2.75) is 33.4 Å². The van der Waals surface area contributed by atoms with Gasteiger partial charge in [0.1, 0.15) is 11.6 Å². The van der Waals surface area contributed by atoms with E-state index in [4.69, 9.17) is 0 Å². The number of nitrogens with one attached hydrogen (secondary N) is 1. The summed E-state index contributed by atoms with van der Waals surface area (Å²) in [7, 11) is 0. The maximum Gasteiger partial charge on any atom is 0.278 e. The zero-order valence-electron chi connectivity index (χ0n) is 17.0. The number of carbonyl (C=O) groups is 1. The Labute approximate surface area is 173 Å². The van der Waals surface area contributed by atoms with Crippen molar-refractivity contribution in [3.8, 4) is 5.69 Å². The van der Waals surface area contributed by atoms with Gasteiger partial charge < -0.3 is 5.32 Å². The number of pyridine rings is 1. The van der Waals surface area contributed by atoms with Crippen LogP contribution in [0.15, 0.2) is 59.7 Å². The molecule has 0 aliphatic rings. The van der Waals surface area contributed by atoms with E-state index in [1.165, 1.54) is 4.68 Å². The van der Waals surface area contributed by atoms with E-state index < -0.39 is 6.04 Å². The van der Waals surface area contributed by atoms with E-state index >= 15 is 0 Å². The summed E-state index contributed by atoms with van der Waals surface area (Å²) in [5.41, 5.74) is 3.25. The molecule has 0 aliphatic heterocycles. The number of nitrogens with zero attached hydrogens (tertiary/aromatic N) is 5. The summed E-state index contributed by atoms with van der Waals surface area (Å²) in [4.78, 5) is 29.9. The fourth-order valence-electron chi connectivity index (χ4n) is 3.41. The van der Waals surface area contributed by atoms with E-state index in [0.717, 1.165) is 11.3 Å². The number of amides is 1. The summed E-state index contributed by atoms with van der Waals surface area (Å²) in [6.45, 7) is 5.63. The lowest BCUT2D eigenvalue weighted by molar-refractivity contribution is -0.124. The molecule has 1 amide bonds. The van der Waals surface area contributed by atoms with Crippen molar-refractivity contribution in [1.82, 2.24) is 29.9 Å². The molecule has 0 unspecified atom stereocenters. The molecule has 0 radical (unpaired) electrons. The van der Waals surface area contributed by atoms with Gasteiger partial charge in [-0.2, -0.15) is 10.2 Å². The van der Waals surface area contributed by atoms with Gasteiger partial charge in [-0.1, -0.05) is 24.3 Å². The minimum Gasteiger partial charge on any atom is -0.350 e. The van der Waals surface area contributed by atoms with Crippen LogP contribution in [0.1, 0.15) is 29.9 Å². The topological polar surface area (TPSA) is 94.7 Å². The lowest BCUT2D eigenvalue weighted by atomic mass is 10.2. The molecule has 0 fully saturated rings. The zero-order chi connectivity index (χ0) is 21.3. The van der Waals surface area contributed by atoms with Crippen LogP contribution < -0.4 is 10.9 Å². The Kier molecular flexibility index (Phi) is 5.14. The number of para-hydroxylation sites is 1. The van der Waals surface area contributed by atoms with Crippen molar-refractivity contribution < 1.29 is 4.79 Å². The second kappa shape index (κ2) is 7.90. The first-order chi connectivity index (χ1) is 14.5. The lowest BCUT2D eigenvalue weighted by Gasteiger charge is -2.15. The number of fused-ring (bicyclic) bond motifs is 1. The molecule has 0 aliphatic carbocycles. The molecule has 3 aromatic heterocycles. The molecule has 0 spiro atoms. The number of benzene rings is 1. The highest BCUT2D eigenvalue weighted by atomic mass is 16.2. The van der Waals surface area contributed by atoms with Gasteiger partial charge in [-0.25, -0.2) is 9.36 Å². The third-order valence-electron chi connectivity index (χ3n) is 5.08. The van der Waals surface area contributed by atoms with E-state index in [-0.39, 0.29) is 11.5 Å². The highest BCUT2D eigenvalue weighted by Crippen LogP contribution is 2.20. The molecule has 3 heterocycles.